The highest BCUT2D eigenvalue weighted by atomic mass is 16.5. The molecule has 0 fully saturated rings. The van der Waals surface area contributed by atoms with Gasteiger partial charge in [0, 0.05) is 6.54 Å². The van der Waals surface area contributed by atoms with Gasteiger partial charge in [-0.05, 0) is 19.8 Å². The minimum atomic E-state index is -0.814. The largest absolute Gasteiger partial charge is 0.463 e. The number of nitrogens with one attached hydrogen (secondary N) is 1. The van der Waals surface area contributed by atoms with E-state index in [-0.39, 0.29) is 12.0 Å². The van der Waals surface area contributed by atoms with Gasteiger partial charge in [-0.2, -0.15) is 15.0 Å². The molecule has 1 atom stereocenters. The Morgan fingerprint density at radius 1 is 1.33 bits per heavy atom. The van der Waals surface area contributed by atoms with Crippen molar-refractivity contribution in [3.05, 3.63) is 0 Å². The van der Waals surface area contributed by atoms with Gasteiger partial charge in [0.1, 0.15) is 0 Å². The van der Waals surface area contributed by atoms with Crippen LogP contribution >= 0.6 is 0 Å². The van der Waals surface area contributed by atoms with Crippen molar-refractivity contribution < 1.29 is 9.84 Å². The Balaban J connectivity index is 2.68. The highest BCUT2D eigenvalue weighted by molar-refractivity contribution is 5.32. The fraction of sp³-hybridized carbons (Fsp3) is 0.727. The molecule has 7 heteroatoms. The molecule has 0 radical (unpaired) electrons. The molecule has 7 nitrogen and oxygen atoms in total. The van der Waals surface area contributed by atoms with Gasteiger partial charge in [0.15, 0.2) is 0 Å². The number of nitrogens with zero attached hydrogens (tertiary/aromatic N) is 3. The predicted molar refractivity (Wildman–Crippen MR) is 69.4 cm³/mol. The van der Waals surface area contributed by atoms with Gasteiger partial charge in [0.2, 0.25) is 11.9 Å². The smallest absolute Gasteiger partial charge is 0.323 e. The van der Waals surface area contributed by atoms with Crippen molar-refractivity contribution in [1.82, 2.24) is 15.0 Å². The van der Waals surface area contributed by atoms with E-state index in [2.05, 4.69) is 20.3 Å². The third kappa shape index (κ3) is 4.70. The molecule has 1 aromatic heterocycles. The summed E-state index contributed by atoms with van der Waals surface area (Å²) in [6.45, 7) is 6.48. The predicted octanol–water partition coefficient (Wildman–Crippen LogP) is 0.815. The molecule has 0 amide bonds. The summed E-state index contributed by atoms with van der Waals surface area (Å²) in [4.78, 5) is 11.9. The van der Waals surface area contributed by atoms with Crippen LogP contribution in [0.2, 0.25) is 0 Å². The maximum atomic E-state index is 9.87. The average Bonchev–Trinajstić information content (AvgIpc) is 2.33. The van der Waals surface area contributed by atoms with Crippen LogP contribution in [0.5, 0.6) is 6.01 Å². The topological polar surface area (TPSA) is 106 Å². The van der Waals surface area contributed by atoms with E-state index >= 15 is 0 Å². The van der Waals surface area contributed by atoms with Crippen molar-refractivity contribution >= 4 is 11.9 Å². The molecule has 0 saturated heterocycles. The summed E-state index contributed by atoms with van der Waals surface area (Å²) in [7, 11) is 0. The quantitative estimate of drug-likeness (QED) is 0.662. The molecule has 18 heavy (non-hydrogen) atoms. The van der Waals surface area contributed by atoms with E-state index in [1.54, 1.807) is 6.92 Å². The van der Waals surface area contributed by atoms with Crippen molar-refractivity contribution in [3.63, 3.8) is 0 Å². The first-order valence-corrected chi connectivity index (χ1v) is 6.07. The number of hydrogen-bond acceptors (Lipinski definition) is 7. The van der Waals surface area contributed by atoms with E-state index in [1.165, 1.54) is 0 Å². The standard InChI is InChI=1S/C11H21N5O2/c1-4-6-18-10-15-8(12)14-9(16-10)13-7-11(3,17)5-2/h17H,4-7H2,1-3H3,(H3,12,13,14,15,16). The normalized spacial score (nSPS) is 14.0. The molecule has 1 unspecified atom stereocenters. The molecule has 0 bridgehead atoms. The molecule has 0 spiro atoms. The molecule has 0 aliphatic rings. The summed E-state index contributed by atoms with van der Waals surface area (Å²) in [5.41, 5.74) is 4.74. The molecule has 0 saturated carbocycles. The van der Waals surface area contributed by atoms with Gasteiger partial charge < -0.3 is 20.9 Å². The second kappa shape index (κ2) is 6.34. The fourth-order valence-corrected chi connectivity index (χ4v) is 1.10. The highest BCUT2D eigenvalue weighted by Crippen LogP contribution is 2.12. The van der Waals surface area contributed by atoms with Crippen LogP contribution in [0.3, 0.4) is 0 Å². The molecule has 102 valence electrons. The first kappa shape index (κ1) is 14.4. The maximum absolute atomic E-state index is 9.87. The molecular weight excluding hydrogens is 234 g/mol. The number of ether oxygens (including phenoxy) is 1. The number of nitrogens with two attached hydrogens (primary N) is 1. The molecule has 0 aromatic carbocycles. The SMILES string of the molecule is CCCOc1nc(N)nc(NCC(C)(O)CC)n1. The Morgan fingerprint density at radius 3 is 2.67 bits per heavy atom. The lowest BCUT2D eigenvalue weighted by Gasteiger charge is -2.21. The minimum absolute atomic E-state index is 0.0924. The fourth-order valence-electron chi connectivity index (χ4n) is 1.10. The molecule has 1 rings (SSSR count). The molecule has 0 aliphatic heterocycles. The van der Waals surface area contributed by atoms with Gasteiger partial charge in [-0.25, -0.2) is 0 Å². The number of aromatic nitrogens is 3. The van der Waals surface area contributed by atoms with E-state index in [0.29, 0.717) is 25.5 Å². The molecule has 1 aromatic rings. The molecular formula is C11H21N5O2. The average molecular weight is 255 g/mol. The molecule has 1 heterocycles. The van der Waals surface area contributed by atoms with E-state index < -0.39 is 5.60 Å². The van der Waals surface area contributed by atoms with Gasteiger partial charge in [0.25, 0.3) is 0 Å². The lowest BCUT2D eigenvalue weighted by molar-refractivity contribution is 0.0695. The second-order valence-corrected chi connectivity index (χ2v) is 4.35. The first-order valence-electron chi connectivity index (χ1n) is 6.07. The Labute approximate surface area is 107 Å². The van der Waals surface area contributed by atoms with Gasteiger partial charge in [0.05, 0.1) is 12.2 Å². The molecule has 4 N–H and O–H groups in total. The van der Waals surface area contributed by atoms with Crippen molar-refractivity contribution in [2.24, 2.45) is 0 Å². The van der Waals surface area contributed by atoms with E-state index in [1.807, 2.05) is 13.8 Å². The minimum Gasteiger partial charge on any atom is -0.463 e. The summed E-state index contributed by atoms with van der Waals surface area (Å²) >= 11 is 0. The van der Waals surface area contributed by atoms with Crippen LogP contribution in [0.1, 0.15) is 33.6 Å². The van der Waals surface area contributed by atoms with Crippen LogP contribution in [-0.2, 0) is 0 Å². The highest BCUT2D eigenvalue weighted by Gasteiger charge is 2.18. The Bertz CT molecular complexity index is 384. The summed E-state index contributed by atoms with van der Waals surface area (Å²) < 4.78 is 5.29. The maximum Gasteiger partial charge on any atom is 0.323 e. The Morgan fingerprint density at radius 2 is 2.06 bits per heavy atom. The van der Waals surface area contributed by atoms with Crippen molar-refractivity contribution in [3.8, 4) is 6.01 Å². The monoisotopic (exact) mass is 255 g/mol. The lowest BCUT2D eigenvalue weighted by Crippen LogP contribution is -2.33. The Kier molecular flexibility index (Phi) is 5.08. The molecule has 0 aliphatic carbocycles. The lowest BCUT2D eigenvalue weighted by atomic mass is 10.0. The number of hydrogen-bond donors (Lipinski definition) is 3. The second-order valence-electron chi connectivity index (χ2n) is 4.35. The summed E-state index contributed by atoms with van der Waals surface area (Å²) in [6, 6.07) is 0.197. The van der Waals surface area contributed by atoms with Gasteiger partial charge in [-0.3, -0.25) is 0 Å². The number of anilines is 2. The van der Waals surface area contributed by atoms with Crippen LogP contribution in [0, 0.1) is 0 Å². The zero-order chi connectivity index (χ0) is 13.6. The number of nitrogen functional groups attached to an aromatic ring is 1. The van der Waals surface area contributed by atoms with E-state index in [9.17, 15) is 5.11 Å². The first-order chi connectivity index (χ1) is 8.46. The summed E-state index contributed by atoms with van der Waals surface area (Å²) in [5, 5.41) is 12.8. The van der Waals surface area contributed by atoms with Crippen LogP contribution in [0.15, 0.2) is 0 Å². The third-order valence-corrected chi connectivity index (χ3v) is 2.46. The zero-order valence-electron chi connectivity index (χ0n) is 11.1. The summed E-state index contributed by atoms with van der Waals surface area (Å²) in [6.07, 6.45) is 1.48. The van der Waals surface area contributed by atoms with E-state index in [0.717, 1.165) is 6.42 Å². The van der Waals surface area contributed by atoms with Gasteiger partial charge in [-0.1, -0.05) is 13.8 Å². The van der Waals surface area contributed by atoms with Crippen LogP contribution in [-0.4, -0.2) is 38.8 Å². The summed E-state index contributed by atoms with van der Waals surface area (Å²) in [5.74, 6) is 0.400. The third-order valence-electron chi connectivity index (χ3n) is 2.46. The van der Waals surface area contributed by atoms with E-state index in [4.69, 9.17) is 10.5 Å². The van der Waals surface area contributed by atoms with Crippen LogP contribution < -0.4 is 15.8 Å². The number of rotatable bonds is 7. The van der Waals surface area contributed by atoms with Crippen molar-refractivity contribution in [1.29, 1.82) is 0 Å². The van der Waals surface area contributed by atoms with Crippen molar-refractivity contribution in [2.75, 3.05) is 24.2 Å². The van der Waals surface area contributed by atoms with Crippen molar-refractivity contribution in [2.45, 2.75) is 39.2 Å². The van der Waals surface area contributed by atoms with Gasteiger partial charge in [-0.15, -0.1) is 0 Å². The van der Waals surface area contributed by atoms with Crippen LogP contribution in [0.25, 0.3) is 0 Å². The Hall–Kier alpha value is -1.63. The number of aliphatic hydroxyl groups is 1. The zero-order valence-corrected chi connectivity index (χ0v) is 11.1. The van der Waals surface area contributed by atoms with Crippen LogP contribution in [0.4, 0.5) is 11.9 Å². The van der Waals surface area contributed by atoms with Gasteiger partial charge >= 0.3 is 6.01 Å².